The van der Waals surface area contributed by atoms with Gasteiger partial charge in [-0.05, 0) is 67.6 Å². The highest BCUT2D eigenvalue weighted by Gasteiger charge is 2.53. The Labute approximate surface area is 346 Å². The molecular formula is C46H84O11. The van der Waals surface area contributed by atoms with Gasteiger partial charge in [-0.1, -0.05) is 104 Å². The van der Waals surface area contributed by atoms with Crippen molar-refractivity contribution in [3.8, 4) is 0 Å². The van der Waals surface area contributed by atoms with E-state index in [1.165, 1.54) is 0 Å². The summed E-state index contributed by atoms with van der Waals surface area (Å²) >= 11 is 0. The van der Waals surface area contributed by atoms with Crippen molar-refractivity contribution in [2.45, 2.75) is 228 Å². The van der Waals surface area contributed by atoms with Crippen molar-refractivity contribution in [3.05, 3.63) is 0 Å². The Balaban J connectivity index is 1.37. The van der Waals surface area contributed by atoms with Crippen LogP contribution < -0.4 is 0 Å². The average Bonchev–Trinajstić information content (AvgIpc) is 3.20. The minimum atomic E-state index is -0.755. The lowest BCUT2D eigenvalue weighted by atomic mass is 9.80. The molecule has 0 amide bonds. The van der Waals surface area contributed by atoms with Gasteiger partial charge in [0, 0.05) is 30.8 Å². The topological polar surface area (TPSA) is 113 Å². The van der Waals surface area contributed by atoms with E-state index in [4.69, 9.17) is 47.4 Å². The lowest BCUT2D eigenvalue weighted by Crippen LogP contribution is -2.60. The number of methoxy groups -OCH3 is 1. The van der Waals surface area contributed by atoms with E-state index in [0.29, 0.717) is 5.92 Å². The molecule has 0 radical (unpaired) electrons. The molecule has 5 aliphatic heterocycles. The van der Waals surface area contributed by atoms with Crippen molar-refractivity contribution < 1.29 is 52.5 Å². The van der Waals surface area contributed by atoms with Crippen LogP contribution in [0.2, 0.25) is 0 Å². The van der Waals surface area contributed by atoms with E-state index in [0.717, 1.165) is 32.1 Å². The molecule has 334 valence electrons. The van der Waals surface area contributed by atoms with Gasteiger partial charge in [-0.25, -0.2) is 0 Å². The van der Waals surface area contributed by atoms with Crippen LogP contribution in [0.1, 0.15) is 136 Å². The third-order valence-corrected chi connectivity index (χ3v) is 15.7. The maximum Gasteiger partial charge on any atom is 0.184 e. The summed E-state index contributed by atoms with van der Waals surface area (Å²) in [5.74, 6) is 1.11. The largest absolute Gasteiger partial charge is 0.388 e. The zero-order valence-electron chi connectivity index (χ0n) is 38.5. The predicted octanol–water partition coefficient (Wildman–Crippen LogP) is 8.57. The Morgan fingerprint density at radius 1 is 0.333 bits per heavy atom. The average molecular weight is 813 g/mol. The monoisotopic (exact) mass is 813 g/mol. The third kappa shape index (κ3) is 9.80. The summed E-state index contributed by atoms with van der Waals surface area (Å²) < 4.78 is 67.3. The number of aliphatic hydroxyl groups is 1. The molecule has 5 rings (SSSR count). The van der Waals surface area contributed by atoms with E-state index in [1.807, 2.05) is 0 Å². The third-order valence-electron chi connectivity index (χ3n) is 15.7. The summed E-state index contributed by atoms with van der Waals surface area (Å²) in [6.45, 7) is 32.8. The summed E-state index contributed by atoms with van der Waals surface area (Å²) in [6.07, 6.45) is -0.458. The molecule has 1 N–H and O–H groups in total. The molecule has 0 aromatic rings. The molecule has 5 fully saturated rings. The molecule has 0 aromatic carbocycles. The smallest absolute Gasteiger partial charge is 0.184 e. The van der Waals surface area contributed by atoms with Crippen LogP contribution in [0, 0.1) is 59.2 Å². The number of ether oxygens (including phenoxy) is 10. The van der Waals surface area contributed by atoms with Gasteiger partial charge in [-0.15, -0.1) is 0 Å². The Hall–Kier alpha value is -0.440. The van der Waals surface area contributed by atoms with Crippen LogP contribution >= 0.6 is 0 Å². The first-order valence-electron chi connectivity index (χ1n) is 23.2. The Morgan fingerprint density at radius 3 is 1.05 bits per heavy atom. The second kappa shape index (κ2) is 20.6. The van der Waals surface area contributed by atoms with Crippen LogP contribution in [0.4, 0.5) is 0 Å². The van der Waals surface area contributed by atoms with Gasteiger partial charge in [-0.3, -0.25) is 0 Å². The first-order valence-corrected chi connectivity index (χ1v) is 23.2. The molecule has 25 atom stereocenters. The highest BCUT2D eigenvalue weighted by atomic mass is 16.8. The summed E-state index contributed by atoms with van der Waals surface area (Å²) in [5.41, 5.74) is 0. The van der Waals surface area contributed by atoms with Crippen molar-refractivity contribution >= 4 is 0 Å². The molecule has 0 aliphatic carbocycles. The maximum absolute atomic E-state index is 11.4. The van der Waals surface area contributed by atoms with Gasteiger partial charge < -0.3 is 52.5 Å². The lowest BCUT2D eigenvalue weighted by Gasteiger charge is -2.52. The fourth-order valence-corrected chi connectivity index (χ4v) is 10.9. The van der Waals surface area contributed by atoms with Crippen molar-refractivity contribution in [1.82, 2.24) is 0 Å². The molecule has 10 unspecified atom stereocenters. The van der Waals surface area contributed by atoms with E-state index in [-0.39, 0.29) is 102 Å². The molecule has 11 nitrogen and oxygen atoms in total. The Morgan fingerprint density at radius 2 is 0.632 bits per heavy atom. The van der Waals surface area contributed by atoms with E-state index in [2.05, 4.69) is 104 Å². The highest BCUT2D eigenvalue weighted by Crippen LogP contribution is 2.45. The lowest BCUT2D eigenvalue weighted by molar-refractivity contribution is -0.376. The molecular weight excluding hydrogens is 728 g/mol. The standard InChI is InChI=1S/C46H84O11/c1-17-32-22(6)25(9)37(47)44(51-32)57-41-27(11)24(8)34(19-3)53-46(41)55-39-29(13)36(21-5)49-42(31(39)15)54-38-28(12)35(20-4)50-43(30(38)14)56-40-26(10)23(7)33(18-2)52-45(40)48-16/h22-47H,17-21H2,1-16H3/t22-,23-,24-,25-,26-,27-,28+,29+,30?,31?,32?,33?,34?,35?,36?,37?,38-,39-,40?,41?,42+,43+,44+,45-,46+/m0/s1. The first-order chi connectivity index (χ1) is 27.1. The van der Waals surface area contributed by atoms with Crippen molar-refractivity contribution in [3.63, 3.8) is 0 Å². The van der Waals surface area contributed by atoms with E-state index in [1.54, 1.807) is 7.11 Å². The second-order valence-electron chi connectivity index (χ2n) is 19.0. The summed E-state index contributed by atoms with van der Waals surface area (Å²) in [7, 11) is 1.70. The van der Waals surface area contributed by atoms with Gasteiger partial charge in [0.2, 0.25) is 0 Å². The minimum absolute atomic E-state index is 0.0113. The Kier molecular flexibility index (Phi) is 17.2. The summed E-state index contributed by atoms with van der Waals surface area (Å²) in [4.78, 5) is 0. The van der Waals surface area contributed by atoms with Crippen LogP contribution in [0.25, 0.3) is 0 Å². The van der Waals surface area contributed by atoms with Gasteiger partial charge in [0.05, 0.1) is 42.7 Å². The van der Waals surface area contributed by atoms with Crippen molar-refractivity contribution in [2.75, 3.05) is 7.11 Å². The van der Waals surface area contributed by atoms with Gasteiger partial charge in [-0.2, -0.15) is 0 Å². The van der Waals surface area contributed by atoms with Gasteiger partial charge in [0.1, 0.15) is 18.3 Å². The number of rotatable bonds is 14. The number of hydrogen-bond acceptors (Lipinski definition) is 11. The molecule has 5 heterocycles. The maximum atomic E-state index is 11.4. The van der Waals surface area contributed by atoms with Crippen LogP contribution in [0.3, 0.4) is 0 Å². The van der Waals surface area contributed by atoms with Gasteiger partial charge in [0.15, 0.2) is 31.5 Å². The quantitative estimate of drug-likeness (QED) is 0.182. The van der Waals surface area contributed by atoms with Crippen LogP contribution in [0.5, 0.6) is 0 Å². The van der Waals surface area contributed by atoms with Crippen LogP contribution in [-0.2, 0) is 47.4 Å². The zero-order chi connectivity index (χ0) is 42.0. The SMILES string of the molecule is CCC1O[C@H](OC2[C@@H](O[C@@H]3C(C)[C@@H](O[C@@H]4C(C)[C@@H](OC5[C@@H](OC)OC(CC)[C@@H](C)[C@@H]5C)OC(CC)[C@H]4C)OC(CC)[C@H]3C)OC(CC)[C@@H](C)[C@@H]2C)C(O)[C@@H](C)[C@@H]1C. The summed E-state index contributed by atoms with van der Waals surface area (Å²) in [5, 5.41) is 11.4. The fraction of sp³-hybridized carbons (Fsp3) is 1.00. The molecule has 0 saturated carbocycles. The number of aliphatic hydroxyl groups excluding tert-OH is 1. The van der Waals surface area contributed by atoms with Crippen molar-refractivity contribution in [1.29, 1.82) is 0 Å². The normalized spacial score (nSPS) is 52.5. The van der Waals surface area contributed by atoms with Gasteiger partial charge >= 0.3 is 0 Å². The van der Waals surface area contributed by atoms with Gasteiger partial charge in [0.25, 0.3) is 0 Å². The number of hydrogen-bond donors (Lipinski definition) is 1. The fourth-order valence-electron chi connectivity index (χ4n) is 10.9. The summed E-state index contributed by atoms with van der Waals surface area (Å²) in [6, 6.07) is 0. The molecule has 57 heavy (non-hydrogen) atoms. The van der Waals surface area contributed by atoms with E-state index >= 15 is 0 Å². The first kappa shape index (κ1) is 47.6. The van der Waals surface area contributed by atoms with Crippen LogP contribution in [-0.4, -0.2) is 105 Å². The molecule has 0 spiro atoms. The van der Waals surface area contributed by atoms with Crippen LogP contribution in [0.15, 0.2) is 0 Å². The van der Waals surface area contributed by atoms with E-state index in [9.17, 15) is 5.11 Å². The predicted molar refractivity (Wildman–Crippen MR) is 219 cm³/mol. The minimum Gasteiger partial charge on any atom is -0.388 e. The molecule has 11 heteroatoms. The zero-order valence-corrected chi connectivity index (χ0v) is 38.5. The molecule has 5 saturated heterocycles. The molecule has 0 aromatic heterocycles. The molecule has 0 bridgehead atoms. The molecule has 5 aliphatic rings. The highest BCUT2D eigenvalue weighted by molar-refractivity contribution is 4.94. The van der Waals surface area contributed by atoms with Crippen molar-refractivity contribution in [2.24, 2.45) is 59.2 Å². The Bertz CT molecular complexity index is 1200. The second-order valence-corrected chi connectivity index (χ2v) is 19.0. The van der Waals surface area contributed by atoms with E-state index < -0.39 is 43.7 Å².